The van der Waals surface area contributed by atoms with Gasteiger partial charge in [-0.3, -0.25) is 9.59 Å². The van der Waals surface area contributed by atoms with Gasteiger partial charge in [-0.2, -0.15) is 0 Å². The van der Waals surface area contributed by atoms with Crippen molar-refractivity contribution >= 4 is 11.8 Å². The Balaban J connectivity index is 1.62. The van der Waals surface area contributed by atoms with Crippen LogP contribution in [0.5, 0.6) is 0 Å². The Hall–Kier alpha value is -1.91. The number of likely N-dealkylation sites (tertiary alicyclic amines) is 2. The van der Waals surface area contributed by atoms with Gasteiger partial charge in [0.15, 0.2) is 0 Å². The summed E-state index contributed by atoms with van der Waals surface area (Å²) < 4.78 is 0. The summed E-state index contributed by atoms with van der Waals surface area (Å²) in [5, 5.41) is 0. The fourth-order valence-electron chi connectivity index (χ4n) is 4.52. The number of hydrogen-bond donors (Lipinski definition) is 0. The Bertz CT molecular complexity index is 639. The van der Waals surface area contributed by atoms with Gasteiger partial charge in [0.2, 0.25) is 5.91 Å². The van der Waals surface area contributed by atoms with Crippen LogP contribution in [0, 0.1) is 12.8 Å². The van der Waals surface area contributed by atoms with E-state index in [0.717, 1.165) is 50.9 Å². The summed E-state index contributed by atoms with van der Waals surface area (Å²) in [4.78, 5) is 34.2. The van der Waals surface area contributed by atoms with Crippen LogP contribution in [0.25, 0.3) is 0 Å². The Morgan fingerprint density at radius 1 is 1.17 bits per heavy atom. The summed E-state index contributed by atoms with van der Waals surface area (Å²) in [6.45, 7) is 3.58. The molecule has 2 saturated heterocycles. The van der Waals surface area contributed by atoms with Crippen molar-refractivity contribution in [2.45, 2.75) is 51.1 Å². The van der Waals surface area contributed by atoms with E-state index in [4.69, 9.17) is 0 Å². The molecule has 0 N–H and O–H groups in total. The van der Waals surface area contributed by atoms with Crippen LogP contribution in [-0.4, -0.2) is 51.8 Å². The van der Waals surface area contributed by atoms with Crippen molar-refractivity contribution in [2.24, 2.45) is 5.92 Å². The first-order chi connectivity index (χ1) is 11.1. The monoisotopic (exact) mass is 313 g/mol. The van der Waals surface area contributed by atoms with Crippen LogP contribution in [0.3, 0.4) is 0 Å². The number of aromatic nitrogens is 1. The number of nitrogens with zero attached hydrogens (tertiary/aromatic N) is 3. The zero-order valence-corrected chi connectivity index (χ0v) is 13.6. The molecule has 1 saturated carbocycles. The molecule has 2 amide bonds. The maximum atomic E-state index is 13.0. The summed E-state index contributed by atoms with van der Waals surface area (Å²) in [6.07, 6.45) is 5.23. The maximum Gasteiger partial charge on any atom is 0.273 e. The molecule has 1 aliphatic carbocycles. The molecule has 23 heavy (non-hydrogen) atoms. The van der Waals surface area contributed by atoms with Gasteiger partial charge in [0, 0.05) is 24.8 Å². The third-order valence-corrected chi connectivity index (χ3v) is 5.60. The van der Waals surface area contributed by atoms with Gasteiger partial charge in [-0.05, 0) is 57.1 Å². The van der Waals surface area contributed by atoms with Gasteiger partial charge in [0.25, 0.3) is 5.91 Å². The van der Waals surface area contributed by atoms with Crippen molar-refractivity contribution in [3.8, 4) is 0 Å². The number of amides is 2. The standard InChI is InChI=1S/C18H23N3O2/c1-12-5-4-6-15(19-12)17(22)21-14-8-7-13(11-14)16(21)18(23)20-9-2-3-10-20/h4-6,13-14,16H,2-3,7-11H2,1H3. The van der Waals surface area contributed by atoms with E-state index in [1.54, 1.807) is 6.07 Å². The third kappa shape index (κ3) is 2.42. The lowest BCUT2D eigenvalue weighted by Gasteiger charge is -2.36. The normalized spacial score (nSPS) is 29.3. The third-order valence-electron chi connectivity index (χ3n) is 5.60. The summed E-state index contributed by atoms with van der Waals surface area (Å²) in [6, 6.07) is 5.47. The molecule has 3 aliphatic rings. The van der Waals surface area contributed by atoms with E-state index in [1.165, 1.54) is 0 Å². The lowest BCUT2D eigenvalue weighted by molar-refractivity contribution is -0.136. The van der Waals surface area contributed by atoms with Crippen LogP contribution in [-0.2, 0) is 4.79 Å². The predicted octanol–water partition coefficient (Wildman–Crippen LogP) is 2.01. The minimum Gasteiger partial charge on any atom is -0.341 e. The van der Waals surface area contributed by atoms with E-state index in [0.29, 0.717) is 11.6 Å². The highest BCUT2D eigenvalue weighted by molar-refractivity contribution is 5.97. The number of fused-ring (bicyclic) bond motifs is 2. The molecule has 122 valence electrons. The fraction of sp³-hybridized carbons (Fsp3) is 0.611. The van der Waals surface area contributed by atoms with Crippen molar-refractivity contribution < 1.29 is 9.59 Å². The second kappa shape index (κ2) is 5.62. The highest BCUT2D eigenvalue weighted by Gasteiger charge is 2.52. The predicted molar refractivity (Wildman–Crippen MR) is 85.9 cm³/mol. The molecule has 3 unspecified atom stereocenters. The summed E-state index contributed by atoms with van der Waals surface area (Å²) in [5.74, 6) is 0.427. The molecular weight excluding hydrogens is 290 g/mol. The molecule has 1 aromatic rings. The highest BCUT2D eigenvalue weighted by atomic mass is 16.2. The first kappa shape index (κ1) is 14.7. The highest BCUT2D eigenvalue weighted by Crippen LogP contribution is 2.43. The minimum absolute atomic E-state index is 0.0709. The number of pyridine rings is 1. The van der Waals surface area contributed by atoms with Crippen LogP contribution >= 0.6 is 0 Å². The van der Waals surface area contributed by atoms with E-state index >= 15 is 0 Å². The molecular formula is C18H23N3O2. The number of hydrogen-bond acceptors (Lipinski definition) is 3. The van der Waals surface area contributed by atoms with Gasteiger partial charge in [0.05, 0.1) is 0 Å². The fourth-order valence-corrected chi connectivity index (χ4v) is 4.52. The first-order valence-corrected chi connectivity index (χ1v) is 8.70. The second-order valence-corrected chi connectivity index (χ2v) is 7.08. The topological polar surface area (TPSA) is 53.5 Å². The molecule has 5 nitrogen and oxygen atoms in total. The maximum absolute atomic E-state index is 13.0. The number of carbonyl (C=O) groups is 2. The SMILES string of the molecule is Cc1cccc(C(=O)N2C3CCC(C3)C2C(=O)N2CCCC2)n1. The van der Waals surface area contributed by atoms with Crippen LogP contribution in [0.15, 0.2) is 18.2 Å². The van der Waals surface area contributed by atoms with Gasteiger partial charge in [-0.1, -0.05) is 6.07 Å². The van der Waals surface area contributed by atoms with Crippen LogP contribution in [0.4, 0.5) is 0 Å². The van der Waals surface area contributed by atoms with Crippen molar-refractivity contribution in [1.29, 1.82) is 0 Å². The van der Waals surface area contributed by atoms with E-state index in [1.807, 2.05) is 28.9 Å². The van der Waals surface area contributed by atoms with Crippen LogP contribution in [0.2, 0.25) is 0 Å². The van der Waals surface area contributed by atoms with Crippen LogP contribution in [0.1, 0.15) is 48.3 Å². The molecule has 4 rings (SSSR count). The Kier molecular flexibility index (Phi) is 3.58. The lowest BCUT2D eigenvalue weighted by Crippen LogP contribution is -2.53. The molecule has 2 bridgehead atoms. The molecule has 3 fully saturated rings. The second-order valence-electron chi connectivity index (χ2n) is 7.08. The lowest BCUT2D eigenvalue weighted by atomic mass is 9.97. The molecule has 0 spiro atoms. The molecule has 5 heteroatoms. The van der Waals surface area contributed by atoms with Gasteiger partial charge in [0.1, 0.15) is 11.7 Å². The molecule has 0 radical (unpaired) electrons. The number of rotatable bonds is 2. The van der Waals surface area contributed by atoms with Crippen molar-refractivity contribution in [1.82, 2.24) is 14.8 Å². The zero-order chi connectivity index (χ0) is 16.0. The average Bonchev–Trinajstić information content (AvgIpc) is 3.29. The molecule has 0 aromatic carbocycles. The largest absolute Gasteiger partial charge is 0.341 e. The number of piperidine rings is 1. The van der Waals surface area contributed by atoms with E-state index in [9.17, 15) is 9.59 Å². The quantitative estimate of drug-likeness (QED) is 0.839. The molecule has 3 atom stereocenters. The van der Waals surface area contributed by atoms with Gasteiger partial charge in [-0.25, -0.2) is 4.98 Å². The van der Waals surface area contributed by atoms with E-state index in [2.05, 4.69) is 4.98 Å². The van der Waals surface area contributed by atoms with Gasteiger partial charge >= 0.3 is 0 Å². The van der Waals surface area contributed by atoms with E-state index in [-0.39, 0.29) is 23.9 Å². The number of carbonyl (C=O) groups excluding carboxylic acids is 2. The molecule has 1 aromatic heterocycles. The average molecular weight is 313 g/mol. The number of aryl methyl sites for hydroxylation is 1. The van der Waals surface area contributed by atoms with Crippen molar-refractivity contribution in [3.05, 3.63) is 29.6 Å². The van der Waals surface area contributed by atoms with E-state index < -0.39 is 0 Å². The Morgan fingerprint density at radius 3 is 2.70 bits per heavy atom. The summed E-state index contributed by atoms with van der Waals surface area (Å²) in [7, 11) is 0. The van der Waals surface area contributed by atoms with Crippen molar-refractivity contribution in [2.75, 3.05) is 13.1 Å². The molecule has 3 heterocycles. The van der Waals surface area contributed by atoms with Crippen molar-refractivity contribution in [3.63, 3.8) is 0 Å². The van der Waals surface area contributed by atoms with Gasteiger partial charge in [-0.15, -0.1) is 0 Å². The van der Waals surface area contributed by atoms with Crippen LogP contribution < -0.4 is 0 Å². The smallest absolute Gasteiger partial charge is 0.273 e. The van der Waals surface area contributed by atoms with Gasteiger partial charge < -0.3 is 9.80 Å². The Morgan fingerprint density at radius 2 is 1.96 bits per heavy atom. The summed E-state index contributed by atoms with van der Waals surface area (Å²) in [5.41, 5.74) is 1.30. The zero-order valence-electron chi connectivity index (χ0n) is 13.6. The Labute approximate surface area is 136 Å². The minimum atomic E-state index is -0.262. The summed E-state index contributed by atoms with van der Waals surface area (Å²) >= 11 is 0. The first-order valence-electron chi connectivity index (χ1n) is 8.70. The molecule has 2 aliphatic heterocycles.